The van der Waals surface area contributed by atoms with E-state index in [9.17, 15) is 4.79 Å². The van der Waals surface area contributed by atoms with Crippen LogP contribution in [0.25, 0.3) is 22.6 Å². The first kappa shape index (κ1) is 14.2. The van der Waals surface area contributed by atoms with Crippen molar-refractivity contribution in [2.45, 2.75) is 13.0 Å². The second kappa shape index (κ2) is 5.95. The minimum Gasteiger partial charge on any atom is -0.436 e. The molecule has 3 aromatic rings. The van der Waals surface area contributed by atoms with Crippen LogP contribution in [0, 0.1) is 0 Å². The van der Waals surface area contributed by atoms with Gasteiger partial charge in [0.05, 0.1) is 6.04 Å². The average molecular weight is 296 g/mol. The number of carbonyl (C=O) groups is 1. The van der Waals surface area contributed by atoms with Crippen molar-refractivity contribution in [3.05, 3.63) is 42.7 Å². The molecular formula is C16H16N4O2. The fourth-order valence-electron chi connectivity index (χ4n) is 2.00. The van der Waals surface area contributed by atoms with Gasteiger partial charge in [-0.3, -0.25) is 9.78 Å². The zero-order chi connectivity index (χ0) is 15.5. The van der Waals surface area contributed by atoms with Crippen LogP contribution in [0.5, 0.6) is 0 Å². The summed E-state index contributed by atoms with van der Waals surface area (Å²) in [5.74, 6) is 0.434. The first-order chi connectivity index (χ1) is 10.7. The Morgan fingerprint density at radius 2 is 2.00 bits per heavy atom. The van der Waals surface area contributed by atoms with Crippen molar-refractivity contribution >= 4 is 22.7 Å². The molecule has 2 aromatic heterocycles. The molecule has 0 saturated heterocycles. The minimum absolute atomic E-state index is 0.0975. The van der Waals surface area contributed by atoms with Gasteiger partial charge in [0.25, 0.3) is 0 Å². The highest BCUT2D eigenvalue weighted by Crippen LogP contribution is 2.25. The summed E-state index contributed by atoms with van der Waals surface area (Å²) < 4.78 is 5.72. The third-order valence-electron chi connectivity index (χ3n) is 3.41. The highest BCUT2D eigenvalue weighted by Gasteiger charge is 2.12. The van der Waals surface area contributed by atoms with Crippen molar-refractivity contribution in [3.8, 4) is 11.5 Å². The first-order valence-electron chi connectivity index (χ1n) is 6.96. The maximum absolute atomic E-state index is 11.9. The molecule has 1 amide bonds. The number of amides is 1. The summed E-state index contributed by atoms with van der Waals surface area (Å²) in [6, 6.07) is 8.80. The highest BCUT2D eigenvalue weighted by atomic mass is 16.3. The van der Waals surface area contributed by atoms with Crippen molar-refractivity contribution in [1.82, 2.24) is 15.3 Å². The summed E-state index contributed by atoms with van der Waals surface area (Å²) in [6.45, 7) is 1.80. The summed E-state index contributed by atoms with van der Waals surface area (Å²) in [4.78, 5) is 20.3. The third kappa shape index (κ3) is 2.82. The lowest BCUT2D eigenvalue weighted by Crippen LogP contribution is -2.35. The number of rotatable bonds is 4. The largest absolute Gasteiger partial charge is 0.436 e. The van der Waals surface area contributed by atoms with Gasteiger partial charge < -0.3 is 15.1 Å². The molecule has 112 valence electrons. The van der Waals surface area contributed by atoms with E-state index >= 15 is 0 Å². The molecular weight excluding hydrogens is 280 g/mol. The molecule has 0 spiro atoms. The highest BCUT2D eigenvalue weighted by molar-refractivity contribution is 5.96. The number of benzene rings is 1. The van der Waals surface area contributed by atoms with Crippen LogP contribution in [0.3, 0.4) is 0 Å². The molecule has 6 heteroatoms. The number of carbonyl (C=O) groups excluding carboxylic acids is 1. The molecule has 22 heavy (non-hydrogen) atoms. The van der Waals surface area contributed by atoms with E-state index in [1.165, 1.54) is 0 Å². The van der Waals surface area contributed by atoms with E-state index in [4.69, 9.17) is 4.42 Å². The Labute approximate surface area is 127 Å². The number of fused-ring (bicyclic) bond motifs is 1. The van der Waals surface area contributed by atoms with Gasteiger partial charge in [0.1, 0.15) is 5.52 Å². The van der Waals surface area contributed by atoms with Gasteiger partial charge in [-0.25, -0.2) is 4.98 Å². The lowest BCUT2D eigenvalue weighted by atomic mass is 10.2. The molecule has 0 aliphatic heterocycles. The molecule has 6 nitrogen and oxygen atoms in total. The Morgan fingerprint density at radius 3 is 2.73 bits per heavy atom. The quantitative estimate of drug-likeness (QED) is 0.773. The Hall–Kier alpha value is -2.73. The Kier molecular flexibility index (Phi) is 3.84. The fourth-order valence-corrected chi connectivity index (χ4v) is 2.00. The molecule has 0 radical (unpaired) electrons. The lowest BCUT2D eigenvalue weighted by molar-refractivity contribution is -0.117. The van der Waals surface area contributed by atoms with Gasteiger partial charge in [-0.15, -0.1) is 0 Å². The summed E-state index contributed by atoms with van der Waals surface area (Å²) >= 11 is 0. The summed E-state index contributed by atoms with van der Waals surface area (Å²) in [6.07, 6.45) is 3.38. The second-order valence-electron chi connectivity index (χ2n) is 4.94. The van der Waals surface area contributed by atoms with Crippen molar-refractivity contribution in [1.29, 1.82) is 0 Å². The van der Waals surface area contributed by atoms with Gasteiger partial charge in [-0.05, 0) is 44.3 Å². The number of likely N-dealkylation sites (N-methyl/N-ethyl adjacent to an activating group) is 1. The van der Waals surface area contributed by atoms with Crippen molar-refractivity contribution in [2.24, 2.45) is 0 Å². The van der Waals surface area contributed by atoms with Crippen molar-refractivity contribution in [2.75, 3.05) is 12.4 Å². The normalized spacial score (nSPS) is 12.3. The van der Waals surface area contributed by atoms with Crippen LogP contribution in [-0.2, 0) is 4.79 Å². The third-order valence-corrected chi connectivity index (χ3v) is 3.41. The van der Waals surface area contributed by atoms with E-state index in [1.807, 2.05) is 12.1 Å². The predicted octanol–water partition coefficient (Wildman–Crippen LogP) is 2.44. The number of oxazole rings is 1. The predicted molar refractivity (Wildman–Crippen MR) is 84.4 cm³/mol. The molecule has 0 aliphatic carbocycles. The molecule has 2 N–H and O–H groups in total. The Balaban J connectivity index is 1.89. The lowest BCUT2D eigenvalue weighted by Gasteiger charge is -2.10. The number of anilines is 1. The van der Waals surface area contributed by atoms with Gasteiger partial charge in [-0.1, -0.05) is 0 Å². The topological polar surface area (TPSA) is 80.0 Å². The zero-order valence-corrected chi connectivity index (χ0v) is 12.3. The standard InChI is InChI=1S/C16H16N4O2/c1-10(17-2)15(21)19-12-3-4-14-13(9-12)20-16(22-14)11-5-7-18-8-6-11/h3-10,17H,1-2H3,(H,19,21). The summed E-state index contributed by atoms with van der Waals surface area (Å²) in [5, 5.41) is 5.74. The molecule has 0 saturated carbocycles. The monoisotopic (exact) mass is 296 g/mol. The summed E-state index contributed by atoms with van der Waals surface area (Å²) in [7, 11) is 1.74. The van der Waals surface area contributed by atoms with E-state index < -0.39 is 0 Å². The van der Waals surface area contributed by atoms with Crippen LogP contribution in [0.1, 0.15) is 6.92 Å². The van der Waals surface area contributed by atoms with Gasteiger partial charge in [-0.2, -0.15) is 0 Å². The zero-order valence-electron chi connectivity index (χ0n) is 12.3. The molecule has 0 aliphatic rings. The maximum atomic E-state index is 11.9. The molecule has 3 rings (SSSR count). The molecule has 1 aromatic carbocycles. The van der Waals surface area contributed by atoms with Gasteiger partial charge in [0, 0.05) is 23.6 Å². The van der Waals surface area contributed by atoms with E-state index in [1.54, 1.807) is 44.6 Å². The molecule has 0 bridgehead atoms. The van der Waals surface area contributed by atoms with E-state index in [0.29, 0.717) is 22.7 Å². The number of pyridine rings is 1. The van der Waals surface area contributed by atoms with Gasteiger partial charge in [0.2, 0.25) is 11.8 Å². The number of nitrogens with one attached hydrogen (secondary N) is 2. The average Bonchev–Trinajstić information content (AvgIpc) is 2.98. The van der Waals surface area contributed by atoms with E-state index in [-0.39, 0.29) is 11.9 Å². The fraction of sp³-hybridized carbons (Fsp3) is 0.188. The molecule has 1 atom stereocenters. The van der Waals surface area contributed by atoms with E-state index in [0.717, 1.165) is 5.56 Å². The van der Waals surface area contributed by atoms with Crippen LogP contribution < -0.4 is 10.6 Å². The van der Waals surface area contributed by atoms with Crippen LogP contribution in [0.15, 0.2) is 47.1 Å². The van der Waals surface area contributed by atoms with Gasteiger partial charge >= 0.3 is 0 Å². The second-order valence-corrected chi connectivity index (χ2v) is 4.94. The van der Waals surface area contributed by atoms with E-state index in [2.05, 4.69) is 20.6 Å². The summed E-state index contributed by atoms with van der Waals surface area (Å²) in [5.41, 5.74) is 2.92. The van der Waals surface area contributed by atoms with Crippen LogP contribution in [0.2, 0.25) is 0 Å². The SMILES string of the molecule is CNC(C)C(=O)Nc1ccc2oc(-c3ccncc3)nc2c1. The van der Waals surface area contributed by atoms with Crippen LogP contribution >= 0.6 is 0 Å². The molecule has 0 fully saturated rings. The van der Waals surface area contributed by atoms with Gasteiger partial charge in [0.15, 0.2) is 5.58 Å². The van der Waals surface area contributed by atoms with Crippen LogP contribution in [-0.4, -0.2) is 29.0 Å². The number of hydrogen-bond donors (Lipinski definition) is 2. The number of hydrogen-bond acceptors (Lipinski definition) is 5. The Bertz CT molecular complexity index is 798. The molecule has 1 unspecified atom stereocenters. The number of nitrogens with zero attached hydrogens (tertiary/aromatic N) is 2. The maximum Gasteiger partial charge on any atom is 0.241 e. The minimum atomic E-state index is -0.264. The van der Waals surface area contributed by atoms with Crippen LogP contribution in [0.4, 0.5) is 5.69 Å². The van der Waals surface area contributed by atoms with Crippen molar-refractivity contribution in [3.63, 3.8) is 0 Å². The Morgan fingerprint density at radius 1 is 1.23 bits per heavy atom. The number of aromatic nitrogens is 2. The smallest absolute Gasteiger partial charge is 0.241 e. The van der Waals surface area contributed by atoms with Crippen molar-refractivity contribution < 1.29 is 9.21 Å². The molecule has 2 heterocycles. The first-order valence-corrected chi connectivity index (χ1v) is 6.96.